The van der Waals surface area contributed by atoms with Crippen LogP contribution in [0.25, 0.3) is 0 Å². The number of nitrogens with zero attached hydrogens (tertiary/aromatic N) is 1. The second-order valence-corrected chi connectivity index (χ2v) is 5.02. The number of amides is 2. The molecule has 1 aromatic rings. The molecule has 0 bridgehead atoms. The second-order valence-electron chi connectivity index (χ2n) is 5.02. The van der Waals surface area contributed by atoms with Crippen LogP contribution in [0.4, 0.5) is 8.78 Å². The van der Waals surface area contributed by atoms with Crippen LogP contribution in [-0.2, 0) is 9.59 Å². The highest BCUT2D eigenvalue weighted by Crippen LogP contribution is 2.22. The molecule has 0 spiro atoms. The van der Waals surface area contributed by atoms with Crippen molar-refractivity contribution in [2.75, 3.05) is 13.6 Å². The topological polar surface area (TPSA) is 72.6 Å². The van der Waals surface area contributed by atoms with Crippen LogP contribution in [-0.4, -0.2) is 36.4 Å². The Balaban J connectivity index is 2.92. The normalized spacial score (nSPS) is 12.1. The monoisotopic (exact) mass is 300 g/mol. The highest BCUT2D eigenvalue weighted by Gasteiger charge is 2.28. The molecule has 2 amide bonds. The lowest BCUT2D eigenvalue weighted by Gasteiger charge is -2.26. The van der Waals surface area contributed by atoms with Gasteiger partial charge in [-0.3, -0.25) is 9.59 Å². The maximum atomic E-state index is 13.6. The fraction of sp³-hybridized carbons (Fsp3) is 0.429. The van der Waals surface area contributed by atoms with Gasteiger partial charge >= 0.3 is 0 Å². The molecule has 0 radical (unpaired) electrons. The van der Waals surface area contributed by atoms with Gasteiger partial charge in [0, 0.05) is 13.1 Å². The van der Waals surface area contributed by atoms with Crippen LogP contribution in [0.15, 0.2) is 18.2 Å². The molecule has 21 heavy (non-hydrogen) atoms. The van der Waals surface area contributed by atoms with Gasteiger partial charge in [-0.15, -0.1) is 0 Å². The fourth-order valence-electron chi connectivity index (χ4n) is 1.71. The first kappa shape index (κ1) is 16.9. The van der Waals surface area contributed by atoms with E-state index in [-0.39, 0.29) is 18.2 Å². The number of likely N-dealkylation sites (N-methyl/N-ethyl adjacent to an activating group) is 1. The molecule has 1 atom stereocenters. The molecule has 0 unspecified atom stereocenters. The SMILES string of the molecule is CC(C)[C@H](Oc1ccc(F)cc1F)C(=O)N(C)CC(N)=O. The maximum Gasteiger partial charge on any atom is 0.264 e. The summed E-state index contributed by atoms with van der Waals surface area (Å²) in [6.45, 7) is 3.15. The lowest BCUT2D eigenvalue weighted by molar-refractivity contribution is -0.141. The Labute approximate surface area is 121 Å². The largest absolute Gasteiger partial charge is 0.477 e. The lowest BCUT2D eigenvalue weighted by atomic mass is 10.1. The minimum Gasteiger partial charge on any atom is -0.477 e. The molecule has 0 fully saturated rings. The Kier molecular flexibility index (Phi) is 5.63. The van der Waals surface area contributed by atoms with Crippen molar-refractivity contribution in [3.8, 4) is 5.75 Å². The second kappa shape index (κ2) is 7.01. The highest BCUT2D eigenvalue weighted by atomic mass is 19.1. The van der Waals surface area contributed by atoms with Gasteiger partial charge in [0.15, 0.2) is 17.7 Å². The molecule has 5 nitrogen and oxygen atoms in total. The minimum absolute atomic E-state index is 0.226. The van der Waals surface area contributed by atoms with Gasteiger partial charge < -0.3 is 15.4 Å². The molecule has 2 N–H and O–H groups in total. The van der Waals surface area contributed by atoms with Crippen LogP contribution in [0.3, 0.4) is 0 Å². The number of rotatable bonds is 6. The lowest BCUT2D eigenvalue weighted by Crippen LogP contribution is -2.45. The van der Waals surface area contributed by atoms with Crippen molar-refractivity contribution in [3.05, 3.63) is 29.8 Å². The molecular formula is C14H18F2N2O3. The van der Waals surface area contributed by atoms with Gasteiger partial charge in [-0.25, -0.2) is 8.78 Å². The van der Waals surface area contributed by atoms with Crippen molar-refractivity contribution in [1.82, 2.24) is 4.90 Å². The first-order valence-corrected chi connectivity index (χ1v) is 6.37. The van der Waals surface area contributed by atoms with Crippen LogP contribution < -0.4 is 10.5 Å². The third kappa shape index (κ3) is 4.70. The highest BCUT2D eigenvalue weighted by molar-refractivity contribution is 5.86. The average Bonchev–Trinajstić information content (AvgIpc) is 2.35. The van der Waals surface area contributed by atoms with Crippen molar-refractivity contribution < 1.29 is 23.1 Å². The number of carbonyl (C=O) groups excluding carboxylic acids is 2. The van der Waals surface area contributed by atoms with E-state index in [1.807, 2.05) is 0 Å². The number of carbonyl (C=O) groups is 2. The van der Waals surface area contributed by atoms with E-state index in [1.165, 1.54) is 7.05 Å². The first-order valence-electron chi connectivity index (χ1n) is 6.37. The summed E-state index contributed by atoms with van der Waals surface area (Å²) < 4.78 is 31.8. The summed E-state index contributed by atoms with van der Waals surface area (Å²) in [5.74, 6) is -3.31. The van der Waals surface area contributed by atoms with Gasteiger partial charge in [-0.1, -0.05) is 13.8 Å². The van der Waals surface area contributed by atoms with Crippen LogP contribution in [0.5, 0.6) is 5.75 Å². The van der Waals surface area contributed by atoms with Gasteiger partial charge in [-0.05, 0) is 18.1 Å². The molecule has 0 aliphatic heterocycles. The Morgan fingerprint density at radius 3 is 2.43 bits per heavy atom. The van der Waals surface area contributed by atoms with E-state index in [0.717, 1.165) is 17.0 Å². The van der Waals surface area contributed by atoms with Crippen LogP contribution in [0.1, 0.15) is 13.8 Å². The predicted octanol–water partition coefficient (Wildman–Crippen LogP) is 1.31. The Morgan fingerprint density at radius 1 is 1.33 bits per heavy atom. The van der Waals surface area contributed by atoms with E-state index < -0.39 is 29.6 Å². The van der Waals surface area contributed by atoms with Gasteiger partial charge in [-0.2, -0.15) is 0 Å². The van der Waals surface area contributed by atoms with Crippen molar-refractivity contribution in [3.63, 3.8) is 0 Å². The molecule has 0 saturated heterocycles. The van der Waals surface area contributed by atoms with Gasteiger partial charge in [0.1, 0.15) is 5.82 Å². The van der Waals surface area contributed by atoms with Crippen molar-refractivity contribution in [2.24, 2.45) is 11.7 Å². The molecule has 0 heterocycles. The van der Waals surface area contributed by atoms with Crippen LogP contribution in [0, 0.1) is 17.6 Å². The zero-order valence-electron chi connectivity index (χ0n) is 12.1. The molecule has 0 saturated carbocycles. The Hall–Kier alpha value is -2.18. The standard InChI is InChI=1S/C14H18F2N2O3/c1-8(2)13(14(20)18(3)7-12(17)19)21-11-5-4-9(15)6-10(11)16/h4-6,8,13H,7H2,1-3H3,(H2,17,19)/t13-/m0/s1. The number of primary amides is 1. The fourth-order valence-corrected chi connectivity index (χ4v) is 1.71. The molecule has 0 aliphatic carbocycles. The summed E-state index contributed by atoms with van der Waals surface area (Å²) in [7, 11) is 1.40. The van der Waals surface area contributed by atoms with Crippen molar-refractivity contribution in [2.45, 2.75) is 20.0 Å². The quantitative estimate of drug-likeness (QED) is 0.861. The van der Waals surface area contributed by atoms with E-state index in [9.17, 15) is 18.4 Å². The molecule has 7 heteroatoms. The van der Waals surface area contributed by atoms with Gasteiger partial charge in [0.2, 0.25) is 5.91 Å². The number of hydrogen-bond acceptors (Lipinski definition) is 3. The summed E-state index contributed by atoms with van der Waals surface area (Å²) in [6, 6.07) is 2.82. The zero-order valence-corrected chi connectivity index (χ0v) is 12.1. The number of benzene rings is 1. The molecular weight excluding hydrogens is 282 g/mol. The van der Waals surface area contributed by atoms with E-state index in [0.29, 0.717) is 6.07 Å². The average molecular weight is 300 g/mol. The first-order chi connectivity index (χ1) is 9.72. The van der Waals surface area contributed by atoms with Crippen molar-refractivity contribution in [1.29, 1.82) is 0 Å². The van der Waals surface area contributed by atoms with Gasteiger partial charge in [0.05, 0.1) is 6.54 Å². The Morgan fingerprint density at radius 2 is 1.95 bits per heavy atom. The summed E-state index contributed by atoms with van der Waals surface area (Å²) in [6.07, 6.45) is -1.01. The minimum atomic E-state index is -1.01. The number of nitrogens with two attached hydrogens (primary N) is 1. The van der Waals surface area contributed by atoms with Crippen LogP contribution >= 0.6 is 0 Å². The summed E-state index contributed by atoms with van der Waals surface area (Å²) in [5, 5.41) is 0. The smallest absolute Gasteiger partial charge is 0.264 e. The summed E-state index contributed by atoms with van der Waals surface area (Å²) in [5.41, 5.74) is 5.03. The molecule has 116 valence electrons. The third-order valence-electron chi connectivity index (χ3n) is 2.77. The number of halogens is 2. The summed E-state index contributed by atoms with van der Waals surface area (Å²) in [4.78, 5) is 24.1. The van der Waals surface area contributed by atoms with E-state index in [2.05, 4.69) is 0 Å². The predicted molar refractivity (Wildman–Crippen MR) is 72.4 cm³/mol. The van der Waals surface area contributed by atoms with Crippen LogP contribution in [0.2, 0.25) is 0 Å². The summed E-state index contributed by atoms with van der Waals surface area (Å²) >= 11 is 0. The van der Waals surface area contributed by atoms with Crippen molar-refractivity contribution >= 4 is 11.8 Å². The van der Waals surface area contributed by atoms with E-state index in [1.54, 1.807) is 13.8 Å². The Bertz CT molecular complexity index is 535. The maximum absolute atomic E-state index is 13.6. The number of hydrogen-bond donors (Lipinski definition) is 1. The molecule has 0 aliphatic rings. The number of ether oxygens (including phenoxy) is 1. The molecule has 1 aromatic carbocycles. The van der Waals surface area contributed by atoms with E-state index >= 15 is 0 Å². The zero-order chi connectivity index (χ0) is 16.2. The molecule has 1 rings (SSSR count). The van der Waals surface area contributed by atoms with E-state index in [4.69, 9.17) is 10.5 Å². The molecule has 0 aromatic heterocycles. The van der Waals surface area contributed by atoms with Gasteiger partial charge in [0.25, 0.3) is 5.91 Å². The third-order valence-corrected chi connectivity index (χ3v) is 2.77.